The number of rotatable bonds is 5. The standard InChI is InChI=1S/C13H15IO6/c1-7(5-14)12(16)18-6-11(15)19-9-3-2-8-4-10(9)20-13(8)17/h8-10H,1-6H2. The number of esters is 3. The molecule has 2 bridgehead atoms. The topological polar surface area (TPSA) is 78.9 Å². The molecule has 0 radical (unpaired) electrons. The van der Waals surface area contributed by atoms with Crippen molar-refractivity contribution in [3.8, 4) is 0 Å². The van der Waals surface area contributed by atoms with E-state index in [1.165, 1.54) is 0 Å². The first kappa shape index (κ1) is 15.3. The van der Waals surface area contributed by atoms with Gasteiger partial charge in [-0.2, -0.15) is 0 Å². The zero-order valence-corrected chi connectivity index (χ0v) is 13.0. The lowest BCUT2D eigenvalue weighted by Gasteiger charge is -2.25. The van der Waals surface area contributed by atoms with Crippen LogP contribution in [0.15, 0.2) is 12.2 Å². The molecule has 3 atom stereocenters. The zero-order valence-electron chi connectivity index (χ0n) is 10.8. The Hall–Kier alpha value is -1.12. The molecule has 2 fully saturated rings. The lowest BCUT2D eigenvalue weighted by molar-refractivity contribution is -0.167. The molecule has 20 heavy (non-hydrogen) atoms. The van der Waals surface area contributed by atoms with Crippen molar-refractivity contribution in [2.45, 2.75) is 31.5 Å². The molecule has 3 unspecified atom stereocenters. The zero-order chi connectivity index (χ0) is 14.7. The number of hydrogen-bond acceptors (Lipinski definition) is 6. The van der Waals surface area contributed by atoms with Crippen LogP contribution in [0.4, 0.5) is 0 Å². The fourth-order valence-electron chi connectivity index (χ4n) is 2.30. The molecule has 6 nitrogen and oxygen atoms in total. The number of carbonyl (C=O) groups is 3. The first-order valence-corrected chi connectivity index (χ1v) is 7.84. The third-order valence-corrected chi connectivity index (χ3v) is 4.31. The highest BCUT2D eigenvalue weighted by Gasteiger charge is 2.45. The van der Waals surface area contributed by atoms with Crippen LogP contribution in [0.1, 0.15) is 19.3 Å². The second-order valence-electron chi connectivity index (χ2n) is 4.83. The van der Waals surface area contributed by atoms with E-state index in [9.17, 15) is 14.4 Å². The third-order valence-electron chi connectivity index (χ3n) is 3.39. The molecule has 2 rings (SSSR count). The van der Waals surface area contributed by atoms with E-state index in [4.69, 9.17) is 14.2 Å². The molecule has 0 N–H and O–H groups in total. The fraction of sp³-hybridized carbons (Fsp3) is 0.615. The van der Waals surface area contributed by atoms with Crippen LogP contribution in [0.5, 0.6) is 0 Å². The van der Waals surface area contributed by atoms with Crippen molar-refractivity contribution in [3.05, 3.63) is 12.2 Å². The fourth-order valence-corrected chi connectivity index (χ4v) is 2.62. The lowest BCUT2D eigenvalue weighted by atomic mass is 9.88. The molecule has 1 saturated carbocycles. The maximum absolute atomic E-state index is 11.6. The Balaban J connectivity index is 1.76. The van der Waals surface area contributed by atoms with Crippen molar-refractivity contribution < 1.29 is 28.6 Å². The van der Waals surface area contributed by atoms with Crippen molar-refractivity contribution >= 4 is 40.5 Å². The van der Waals surface area contributed by atoms with E-state index >= 15 is 0 Å². The van der Waals surface area contributed by atoms with Crippen LogP contribution in [0, 0.1) is 5.92 Å². The number of hydrogen-bond donors (Lipinski definition) is 0. The average Bonchev–Trinajstić information content (AvgIpc) is 2.74. The van der Waals surface area contributed by atoms with Gasteiger partial charge in [-0.3, -0.25) is 4.79 Å². The molecular formula is C13H15IO6. The predicted octanol–water partition coefficient (Wildman–Crippen LogP) is 1.16. The summed E-state index contributed by atoms with van der Waals surface area (Å²) in [7, 11) is 0. The summed E-state index contributed by atoms with van der Waals surface area (Å²) in [5.41, 5.74) is 0.295. The summed E-state index contributed by atoms with van der Waals surface area (Å²) in [6.07, 6.45) is 1.07. The van der Waals surface area contributed by atoms with E-state index in [1.807, 2.05) is 22.6 Å². The Bertz CT molecular complexity index is 446. The molecular weight excluding hydrogens is 379 g/mol. The Morgan fingerprint density at radius 1 is 1.40 bits per heavy atom. The molecule has 1 heterocycles. The highest BCUT2D eigenvalue weighted by molar-refractivity contribution is 14.1. The van der Waals surface area contributed by atoms with Gasteiger partial charge in [0.2, 0.25) is 0 Å². The van der Waals surface area contributed by atoms with Gasteiger partial charge in [-0.25, -0.2) is 9.59 Å². The van der Waals surface area contributed by atoms with Gasteiger partial charge in [-0.1, -0.05) is 29.2 Å². The Morgan fingerprint density at radius 3 is 2.85 bits per heavy atom. The van der Waals surface area contributed by atoms with Gasteiger partial charge in [0.15, 0.2) is 6.61 Å². The summed E-state index contributed by atoms with van der Waals surface area (Å²) in [6, 6.07) is 0. The van der Waals surface area contributed by atoms with Crippen LogP contribution in [-0.2, 0) is 28.6 Å². The molecule has 2 aliphatic rings. The molecule has 0 aromatic carbocycles. The van der Waals surface area contributed by atoms with Crippen molar-refractivity contribution in [2.75, 3.05) is 11.0 Å². The number of halogens is 1. The minimum Gasteiger partial charge on any atom is -0.458 e. The van der Waals surface area contributed by atoms with Gasteiger partial charge >= 0.3 is 17.9 Å². The smallest absolute Gasteiger partial charge is 0.344 e. The predicted molar refractivity (Wildman–Crippen MR) is 76.1 cm³/mol. The molecule has 1 aliphatic heterocycles. The van der Waals surface area contributed by atoms with Gasteiger partial charge in [-0.15, -0.1) is 0 Å². The van der Waals surface area contributed by atoms with E-state index in [0.717, 1.165) is 0 Å². The van der Waals surface area contributed by atoms with Crippen molar-refractivity contribution in [2.24, 2.45) is 5.92 Å². The number of carbonyl (C=O) groups excluding carboxylic acids is 3. The van der Waals surface area contributed by atoms with Gasteiger partial charge < -0.3 is 14.2 Å². The highest BCUT2D eigenvalue weighted by Crippen LogP contribution is 2.35. The molecule has 110 valence electrons. The normalized spacial score (nSPS) is 27.6. The van der Waals surface area contributed by atoms with Gasteiger partial charge in [0.05, 0.1) is 5.92 Å². The lowest BCUT2D eigenvalue weighted by Crippen LogP contribution is -2.34. The maximum Gasteiger partial charge on any atom is 0.344 e. The molecule has 1 aliphatic carbocycles. The maximum atomic E-state index is 11.6. The summed E-state index contributed by atoms with van der Waals surface area (Å²) in [5, 5.41) is 0. The van der Waals surface area contributed by atoms with E-state index < -0.39 is 24.6 Å². The van der Waals surface area contributed by atoms with Crippen LogP contribution in [0.25, 0.3) is 0 Å². The minimum absolute atomic E-state index is 0.0558. The Labute approximate surface area is 130 Å². The monoisotopic (exact) mass is 394 g/mol. The second-order valence-corrected chi connectivity index (χ2v) is 5.59. The molecule has 0 amide bonds. The SMILES string of the molecule is C=C(CI)C(=O)OCC(=O)OC1CCC2CC1OC2=O. The largest absolute Gasteiger partial charge is 0.458 e. The Kier molecular flexibility index (Phi) is 5.00. The van der Waals surface area contributed by atoms with Crippen molar-refractivity contribution in [1.82, 2.24) is 0 Å². The van der Waals surface area contributed by atoms with Gasteiger partial charge in [0.1, 0.15) is 12.2 Å². The summed E-state index contributed by atoms with van der Waals surface area (Å²) in [6.45, 7) is 3.06. The van der Waals surface area contributed by atoms with Crippen molar-refractivity contribution in [1.29, 1.82) is 0 Å². The molecule has 0 spiro atoms. The number of alkyl halides is 1. The molecule has 1 saturated heterocycles. The van der Waals surface area contributed by atoms with E-state index in [-0.39, 0.29) is 18.0 Å². The highest BCUT2D eigenvalue weighted by atomic mass is 127. The summed E-state index contributed by atoms with van der Waals surface area (Å²) in [4.78, 5) is 34.3. The van der Waals surface area contributed by atoms with Gasteiger partial charge in [0.25, 0.3) is 0 Å². The Morgan fingerprint density at radius 2 is 2.15 bits per heavy atom. The first-order chi connectivity index (χ1) is 9.51. The van der Waals surface area contributed by atoms with Crippen LogP contribution < -0.4 is 0 Å². The molecule has 0 aromatic rings. The van der Waals surface area contributed by atoms with E-state index in [0.29, 0.717) is 29.3 Å². The quantitative estimate of drug-likeness (QED) is 0.229. The van der Waals surface area contributed by atoms with Crippen LogP contribution >= 0.6 is 22.6 Å². The third kappa shape index (κ3) is 3.50. The van der Waals surface area contributed by atoms with Crippen LogP contribution in [-0.4, -0.2) is 41.2 Å². The van der Waals surface area contributed by atoms with Crippen molar-refractivity contribution in [3.63, 3.8) is 0 Å². The van der Waals surface area contributed by atoms with Crippen LogP contribution in [0.2, 0.25) is 0 Å². The second kappa shape index (κ2) is 6.55. The summed E-state index contributed by atoms with van der Waals surface area (Å²) >= 11 is 1.98. The molecule has 0 aromatic heterocycles. The van der Waals surface area contributed by atoms with Crippen LogP contribution in [0.3, 0.4) is 0 Å². The van der Waals surface area contributed by atoms with Gasteiger partial charge in [-0.05, 0) is 12.8 Å². The minimum atomic E-state index is -0.633. The number of fused-ring (bicyclic) bond motifs is 2. The average molecular weight is 394 g/mol. The van der Waals surface area contributed by atoms with E-state index in [1.54, 1.807) is 0 Å². The summed E-state index contributed by atoms with van der Waals surface area (Å²) < 4.78 is 15.6. The summed E-state index contributed by atoms with van der Waals surface area (Å²) in [5.74, 6) is -1.50. The number of ether oxygens (including phenoxy) is 3. The van der Waals surface area contributed by atoms with Gasteiger partial charge in [0, 0.05) is 16.4 Å². The molecule has 7 heteroatoms. The first-order valence-electron chi connectivity index (χ1n) is 6.32. The van der Waals surface area contributed by atoms with E-state index in [2.05, 4.69) is 6.58 Å².